The molecule has 0 N–H and O–H groups in total. The second-order valence-corrected chi connectivity index (χ2v) is 7.01. The highest BCUT2D eigenvalue weighted by molar-refractivity contribution is 5.94. The number of carbonyl (C=O) groups excluding carboxylic acids is 1. The Morgan fingerprint density at radius 1 is 1.11 bits per heavy atom. The van der Waals surface area contributed by atoms with Crippen molar-refractivity contribution < 1.29 is 18.0 Å². The van der Waals surface area contributed by atoms with Crippen molar-refractivity contribution in [1.82, 2.24) is 19.2 Å². The summed E-state index contributed by atoms with van der Waals surface area (Å²) in [7, 11) is 1.06. The van der Waals surface area contributed by atoms with Crippen LogP contribution in [0.1, 0.15) is 46.2 Å². The minimum Gasteiger partial charge on any atom is -0.338 e. The van der Waals surface area contributed by atoms with E-state index in [1.165, 1.54) is 0 Å². The Morgan fingerprint density at radius 3 is 2.15 bits per heavy atom. The molecule has 1 aliphatic rings. The van der Waals surface area contributed by atoms with Gasteiger partial charge in [-0.2, -0.15) is 13.2 Å². The fourth-order valence-electron chi connectivity index (χ4n) is 3.54. The van der Waals surface area contributed by atoms with Crippen LogP contribution in [0.5, 0.6) is 0 Å². The fraction of sp³-hybridized carbons (Fsp3) is 0.500. The zero-order valence-electron chi connectivity index (χ0n) is 15.4. The van der Waals surface area contributed by atoms with Crippen molar-refractivity contribution in [2.45, 2.75) is 38.9 Å². The van der Waals surface area contributed by atoms with Crippen molar-refractivity contribution in [2.75, 3.05) is 13.1 Å². The third-order valence-corrected chi connectivity index (χ3v) is 4.82. The summed E-state index contributed by atoms with van der Waals surface area (Å²) in [5.41, 5.74) is 1.79. The molecule has 3 rings (SSSR count). The van der Waals surface area contributed by atoms with Gasteiger partial charge in [-0.3, -0.25) is 9.36 Å². The number of aromatic nitrogens is 3. The number of carbonyl (C=O) groups is 1. The van der Waals surface area contributed by atoms with E-state index in [2.05, 4.69) is 5.10 Å². The second kappa shape index (κ2) is 6.86. The van der Waals surface area contributed by atoms with E-state index in [1.807, 2.05) is 32.0 Å². The van der Waals surface area contributed by atoms with Gasteiger partial charge in [0.15, 0.2) is 0 Å². The Kier molecular flexibility index (Phi) is 4.88. The van der Waals surface area contributed by atoms with Crippen molar-refractivity contribution in [3.05, 3.63) is 51.2 Å². The molecule has 0 radical (unpaired) electrons. The maximum Gasteiger partial charge on any atom is 0.451 e. The van der Waals surface area contributed by atoms with Gasteiger partial charge in [0.1, 0.15) is 0 Å². The second-order valence-electron chi connectivity index (χ2n) is 7.01. The molecule has 0 spiro atoms. The van der Waals surface area contributed by atoms with E-state index in [9.17, 15) is 22.8 Å². The van der Waals surface area contributed by atoms with E-state index in [1.54, 1.807) is 4.90 Å². The van der Waals surface area contributed by atoms with Crippen molar-refractivity contribution in [3.8, 4) is 0 Å². The Hall–Kier alpha value is -2.58. The third-order valence-electron chi connectivity index (χ3n) is 4.82. The zero-order valence-corrected chi connectivity index (χ0v) is 15.4. The number of hydrogen-bond donors (Lipinski definition) is 0. The first-order valence-corrected chi connectivity index (χ1v) is 8.68. The lowest BCUT2D eigenvalue weighted by Gasteiger charge is -2.31. The van der Waals surface area contributed by atoms with Gasteiger partial charge in [0.05, 0.1) is 6.04 Å². The molecule has 1 saturated heterocycles. The predicted molar refractivity (Wildman–Crippen MR) is 92.6 cm³/mol. The van der Waals surface area contributed by atoms with E-state index in [0.29, 0.717) is 36.1 Å². The number of aryl methyl sites for hydroxylation is 2. The van der Waals surface area contributed by atoms with Crippen molar-refractivity contribution in [2.24, 2.45) is 7.05 Å². The average Bonchev–Trinajstić information content (AvgIpc) is 2.89. The van der Waals surface area contributed by atoms with Crippen molar-refractivity contribution in [1.29, 1.82) is 0 Å². The maximum absolute atomic E-state index is 12.9. The fourth-order valence-corrected chi connectivity index (χ4v) is 3.54. The van der Waals surface area contributed by atoms with E-state index < -0.39 is 23.7 Å². The van der Waals surface area contributed by atoms with Crippen LogP contribution in [-0.2, 0) is 13.2 Å². The first-order chi connectivity index (χ1) is 12.6. The molecule has 1 amide bonds. The quantitative estimate of drug-likeness (QED) is 0.802. The molecular weight excluding hydrogens is 361 g/mol. The number of piperidine rings is 1. The summed E-state index contributed by atoms with van der Waals surface area (Å²) < 4.78 is 40.2. The molecular formula is C18H21F3N4O2. The van der Waals surface area contributed by atoms with E-state index >= 15 is 0 Å². The predicted octanol–water partition coefficient (Wildman–Crippen LogP) is 2.69. The molecule has 1 fully saturated rings. The number of amides is 1. The van der Waals surface area contributed by atoms with Crippen molar-refractivity contribution >= 4 is 5.91 Å². The van der Waals surface area contributed by atoms with Gasteiger partial charge in [-0.25, -0.2) is 9.48 Å². The lowest BCUT2D eigenvalue weighted by Crippen LogP contribution is -2.41. The molecule has 1 aromatic heterocycles. The molecule has 2 heterocycles. The largest absolute Gasteiger partial charge is 0.451 e. The highest BCUT2D eigenvalue weighted by atomic mass is 19.4. The summed E-state index contributed by atoms with van der Waals surface area (Å²) in [5, 5.41) is 3.49. The molecule has 1 aliphatic heterocycles. The van der Waals surface area contributed by atoms with Crippen LogP contribution in [0.3, 0.4) is 0 Å². The number of likely N-dealkylation sites (tertiary alicyclic amines) is 1. The number of rotatable bonds is 2. The van der Waals surface area contributed by atoms with Crippen LogP contribution in [0.25, 0.3) is 0 Å². The molecule has 146 valence electrons. The van der Waals surface area contributed by atoms with Crippen LogP contribution in [0.15, 0.2) is 23.0 Å². The smallest absolute Gasteiger partial charge is 0.338 e. The third kappa shape index (κ3) is 3.77. The van der Waals surface area contributed by atoms with Gasteiger partial charge in [0.25, 0.3) is 5.91 Å². The number of hydrogen-bond acceptors (Lipinski definition) is 3. The number of halogens is 3. The molecule has 2 aromatic rings. The first kappa shape index (κ1) is 19.2. The van der Waals surface area contributed by atoms with E-state index in [0.717, 1.165) is 22.9 Å². The van der Waals surface area contributed by atoms with Crippen LogP contribution < -0.4 is 5.69 Å². The summed E-state index contributed by atoms with van der Waals surface area (Å²) in [4.78, 5) is 26.5. The molecule has 1 aromatic carbocycles. The molecule has 0 atom stereocenters. The molecule has 27 heavy (non-hydrogen) atoms. The van der Waals surface area contributed by atoms with E-state index in [-0.39, 0.29) is 5.91 Å². The molecule has 0 aliphatic carbocycles. The lowest BCUT2D eigenvalue weighted by molar-refractivity contribution is -0.147. The number of benzene rings is 1. The van der Waals surface area contributed by atoms with Crippen molar-refractivity contribution in [3.63, 3.8) is 0 Å². The average molecular weight is 382 g/mol. The topological polar surface area (TPSA) is 60.1 Å². The van der Waals surface area contributed by atoms with Gasteiger partial charge >= 0.3 is 11.9 Å². The van der Waals surface area contributed by atoms with Gasteiger partial charge in [-0.05, 0) is 38.8 Å². The first-order valence-electron chi connectivity index (χ1n) is 8.68. The Labute approximate surface area is 154 Å². The summed E-state index contributed by atoms with van der Waals surface area (Å²) in [5.74, 6) is -1.31. The molecule has 9 heteroatoms. The van der Waals surface area contributed by atoms with Crippen LogP contribution >= 0.6 is 0 Å². The minimum atomic E-state index is -4.68. The standard InChI is InChI=1S/C18H21F3N4O2/c1-11-8-12(2)10-13(9-11)15(26)24-6-4-14(5-7-24)25-17(27)23(3)16(22-25)18(19,20)21/h8-10,14H,4-7H2,1-3H3. The molecule has 0 bridgehead atoms. The zero-order chi connectivity index (χ0) is 19.9. The van der Waals surface area contributed by atoms with Crippen LogP contribution in [0, 0.1) is 13.8 Å². The Bertz CT molecular complexity index is 901. The van der Waals surface area contributed by atoms with Crippen LogP contribution in [0.2, 0.25) is 0 Å². The number of alkyl halides is 3. The monoisotopic (exact) mass is 382 g/mol. The summed E-state index contributed by atoms with van der Waals surface area (Å²) in [6, 6.07) is 5.16. The summed E-state index contributed by atoms with van der Waals surface area (Å²) in [6.07, 6.45) is -3.92. The van der Waals surface area contributed by atoms with Gasteiger partial charge in [-0.1, -0.05) is 17.2 Å². The van der Waals surface area contributed by atoms with Gasteiger partial charge in [0.2, 0.25) is 5.82 Å². The van der Waals surface area contributed by atoms with Gasteiger partial charge in [0, 0.05) is 25.7 Å². The molecule has 0 unspecified atom stereocenters. The Morgan fingerprint density at radius 2 is 1.67 bits per heavy atom. The van der Waals surface area contributed by atoms with E-state index in [4.69, 9.17) is 0 Å². The minimum absolute atomic E-state index is 0.107. The van der Waals surface area contributed by atoms with Crippen LogP contribution in [-0.4, -0.2) is 38.2 Å². The highest BCUT2D eigenvalue weighted by Crippen LogP contribution is 2.28. The molecule has 6 nitrogen and oxygen atoms in total. The summed E-state index contributed by atoms with van der Waals surface area (Å²) >= 11 is 0. The summed E-state index contributed by atoms with van der Waals surface area (Å²) in [6.45, 7) is 4.56. The molecule has 0 saturated carbocycles. The normalized spacial score (nSPS) is 16.0. The lowest BCUT2D eigenvalue weighted by atomic mass is 10.0. The van der Waals surface area contributed by atoms with Gasteiger partial charge < -0.3 is 4.90 Å². The number of nitrogens with zero attached hydrogens (tertiary/aromatic N) is 4. The van der Waals surface area contributed by atoms with Crippen LogP contribution in [0.4, 0.5) is 13.2 Å². The maximum atomic E-state index is 12.9. The van der Waals surface area contributed by atoms with Gasteiger partial charge in [-0.15, -0.1) is 5.10 Å². The Balaban J connectivity index is 1.74. The SMILES string of the molecule is Cc1cc(C)cc(C(=O)N2CCC(n3nc(C(F)(F)F)n(C)c3=O)CC2)c1. The highest BCUT2D eigenvalue weighted by Gasteiger charge is 2.39.